The second kappa shape index (κ2) is 7.63. The fraction of sp³-hybridized carbons (Fsp3) is 0.333. The van der Waals surface area contributed by atoms with E-state index in [4.69, 9.17) is 0 Å². The lowest BCUT2D eigenvalue weighted by molar-refractivity contribution is 0.772. The molecule has 1 heteroatoms. The molecule has 0 unspecified atom stereocenters. The van der Waals surface area contributed by atoms with Crippen LogP contribution >= 0.6 is 0 Å². The van der Waals surface area contributed by atoms with Crippen LogP contribution in [0, 0.1) is 6.92 Å². The number of benzene rings is 1. The summed E-state index contributed by atoms with van der Waals surface area (Å²) in [6.45, 7) is 15.2. The van der Waals surface area contributed by atoms with Crippen molar-refractivity contribution >= 4 is 5.57 Å². The van der Waals surface area contributed by atoms with E-state index in [1.54, 1.807) is 0 Å². The molecule has 102 valence electrons. The number of allylic oxidation sites excluding steroid dienone is 2. The average molecular weight is 255 g/mol. The zero-order chi connectivity index (χ0) is 14.3. The topological polar surface area (TPSA) is 12.0 Å². The summed E-state index contributed by atoms with van der Waals surface area (Å²) in [4.78, 5) is 0. The van der Waals surface area contributed by atoms with Gasteiger partial charge < -0.3 is 5.32 Å². The Bertz CT molecular complexity index is 480. The molecule has 0 aliphatic heterocycles. The molecule has 1 nitrogen and oxygen atoms in total. The van der Waals surface area contributed by atoms with Crippen molar-refractivity contribution in [2.24, 2.45) is 0 Å². The number of nitrogens with one attached hydrogen (secondary N) is 1. The second-order valence-corrected chi connectivity index (χ2v) is 5.04. The second-order valence-electron chi connectivity index (χ2n) is 5.04. The Morgan fingerprint density at radius 2 is 1.95 bits per heavy atom. The summed E-state index contributed by atoms with van der Waals surface area (Å²) in [5, 5.41) is 3.37. The van der Waals surface area contributed by atoms with Gasteiger partial charge in [0.25, 0.3) is 0 Å². The van der Waals surface area contributed by atoms with Crippen LogP contribution in [0.4, 0.5) is 0 Å². The molecule has 0 radical (unpaired) electrons. The number of rotatable bonds is 7. The first-order valence-electron chi connectivity index (χ1n) is 6.81. The summed E-state index contributed by atoms with van der Waals surface area (Å²) < 4.78 is 0. The van der Waals surface area contributed by atoms with Crippen LogP contribution in [0.1, 0.15) is 37.8 Å². The van der Waals surface area contributed by atoms with Crippen molar-refractivity contribution in [3.63, 3.8) is 0 Å². The Labute approximate surface area is 117 Å². The van der Waals surface area contributed by atoms with E-state index in [2.05, 4.69) is 69.6 Å². The van der Waals surface area contributed by atoms with Gasteiger partial charge in [0.2, 0.25) is 0 Å². The molecular formula is C18H25N. The Kier molecular flexibility index (Phi) is 6.14. The van der Waals surface area contributed by atoms with Crippen molar-refractivity contribution in [3.05, 3.63) is 65.9 Å². The molecular weight excluding hydrogens is 230 g/mol. The van der Waals surface area contributed by atoms with Gasteiger partial charge in [-0.2, -0.15) is 0 Å². The van der Waals surface area contributed by atoms with Gasteiger partial charge in [-0.15, -0.1) is 6.58 Å². The maximum atomic E-state index is 4.11. The van der Waals surface area contributed by atoms with E-state index in [1.807, 2.05) is 0 Å². The van der Waals surface area contributed by atoms with Crippen molar-refractivity contribution in [1.82, 2.24) is 5.32 Å². The lowest BCUT2D eigenvalue weighted by Gasteiger charge is -2.14. The summed E-state index contributed by atoms with van der Waals surface area (Å²) >= 11 is 0. The smallest absolute Gasteiger partial charge is 0.0180 e. The van der Waals surface area contributed by atoms with Gasteiger partial charge in [0.1, 0.15) is 0 Å². The third-order valence-electron chi connectivity index (χ3n) is 3.17. The molecule has 0 spiro atoms. The van der Waals surface area contributed by atoms with Crippen LogP contribution in [-0.2, 0) is 0 Å². The van der Waals surface area contributed by atoms with Crippen LogP contribution in [0.3, 0.4) is 0 Å². The van der Waals surface area contributed by atoms with Gasteiger partial charge in [-0.3, -0.25) is 0 Å². The zero-order valence-electron chi connectivity index (χ0n) is 12.4. The van der Waals surface area contributed by atoms with Crippen LogP contribution in [0.2, 0.25) is 0 Å². The number of hydrogen-bond acceptors (Lipinski definition) is 1. The van der Waals surface area contributed by atoms with Crippen LogP contribution in [0.15, 0.2) is 54.8 Å². The van der Waals surface area contributed by atoms with E-state index >= 15 is 0 Å². The molecule has 0 amide bonds. The summed E-state index contributed by atoms with van der Waals surface area (Å²) in [5.41, 5.74) is 6.21. The lowest BCUT2D eigenvalue weighted by Crippen LogP contribution is -2.14. The molecule has 1 N–H and O–H groups in total. The van der Waals surface area contributed by atoms with Crippen molar-refractivity contribution in [2.45, 2.75) is 33.6 Å². The largest absolute Gasteiger partial charge is 0.388 e. The lowest BCUT2D eigenvalue weighted by atomic mass is 9.97. The van der Waals surface area contributed by atoms with Crippen LogP contribution in [0.5, 0.6) is 0 Å². The van der Waals surface area contributed by atoms with Crippen LogP contribution in [0.25, 0.3) is 5.57 Å². The van der Waals surface area contributed by atoms with Gasteiger partial charge in [-0.1, -0.05) is 42.5 Å². The van der Waals surface area contributed by atoms with Crippen LogP contribution in [-0.4, -0.2) is 6.54 Å². The molecule has 0 bridgehead atoms. The molecule has 0 aliphatic carbocycles. The molecule has 1 aromatic rings. The SMILES string of the molecule is C=C(C)CCNC(=C)C/C(=C/C)c1ccccc1C. The number of hydrogen-bond donors (Lipinski definition) is 1. The first kappa shape index (κ1) is 15.3. The minimum absolute atomic E-state index is 0.873. The maximum absolute atomic E-state index is 4.11. The summed E-state index contributed by atoms with van der Waals surface area (Å²) in [5.74, 6) is 0. The fourth-order valence-corrected chi connectivity index (χ4v) is 2.03. The van der Waals surface area contributed by atoms with E-state index in [0.717, 1.165) is 25.1 Å². The molecule has 1 rings (SSSR count). The Morgan fingerprint density at radius 1 is 1.26 bits per heavy atom. The summed E-state index contributed by atoms with van der Waals surface area (Å²) in [6.07, 6.45) is 4.04. The number of aryl methyl sites for hydroxylation is 1. The molecule has 0 saturated carbocycles. The highest BCUT2D eigenvalue weighted by Crippen LogP contribution is 2.23. The third-order valence-corrected chi connectivity index (χ3v) is 3.17. The predicted octanol–water partition coefficient (Wildman–Crippen LogP) is 4.86. The summed E-state index contributed by atoms with van der Waals surface area (Å²) in [6, 6.07) is 8.48. The molecule has 0 saturated heterocycles. The zero-order valence-corrected chi connectivity index (χ0v) is 12.4. The highest BCUT2D eigenvalue weighted by molar-refractivity contribution is 5.69. The minimum Gasteiger partial charge on any atom is -0.388 e. The predicted molar refractivity (Wildman–Crippen MR) is 86.0 cm³/mol. The molecule has 0 aliphatic rings. The molecule has 1 aromatic carbocycles. The van der Waals surface area contributed by atoms with Gasteiger partial charge in [-0.05, 0) is 43.9 Å². The molecule has 0 atom stereocenters. The highest BCUT2D eigenvalue weighted by Gasteiger charge is 2.05. The first-order chi connectivity index (χ1) is 9.04. The normalized spacial score (nSPS) is 11.2. The summed E-state index contributed by atoms with van der Waals surface area (Å²) in [7, 11) is 0. The van der Waals surface area contributed by atoms with Gasteiger partial charge >= 0.3 is 0 Å². The van der Waals surface area contributed by atoms with E-state index < -0.39 is 0 Å². The van der Waals surface area contributed by atoms with Crippen molar-refractivity contribution < 1.29 is 0 Å². The van der Waals surface area contributed by atoms with Gasteiger partial charge in [0.15, 0.2) is 0 Å². The van der Waals surface area contributed by atoms with Crippen molar-refractivity contribution in [1.29, 1.82) is 0 Å². The first-order valence-corrected chi connectivity index (χ1v) is 6.81. The highest BCUT2D eigenvalue weighted by atomic mass is 14.9. The molecule has 0 heterocycles. The molecule has 0 fully saturated rings. The third kappa shape index (κ3) is 5.17. The van der Waals surface area contributed by atoms with E-state index in [0.29, 0.717) is 0 Å². The van der Waals surface area contributed by atoms with Crippen molar-refractivity contribution in [3.8, 4) is 0 Å². The fourth-order valence-electron chi connectivity index (χ4n) is 2.03. The maximum Gasteiger partial charge on any atom is 0.0180 e. The van der Waals surface area contributed by atoms with E-state index in [-0.39, 0.29) is 0 Å². The quantitative estimate of drug-likeness (QED) is 0.686. The van der Waals surface area contributed by atoms with Crippen LogP contribution < -0.4 is 5.32 Å². The van der Waals surface area contributed by atoms with Crippen molar-refractivity contribution in [2.75, 3.05) is 6.54 Å². The van der Waals surface area contributed by atoms with E-state index in [1.165, 1.54) is 22.3 Å². The average Bonchev–Trinajstić information content (AvgIpc) is 2.36. The van der Waals surface area contributed by atoms with E-state index in [9.17, 15) is 0 Å². The Balaban J connectivity index is 2.61. The van der Waals surface area contributed by atoms with Gasteiger partial charge in [-0.25, -0.2) is 0 Å². The van der Waals surface area contributed by atoms with Gasteiger partial charge in [0, 0.05) is 18.7 Å². The van der Waals surface area contributed by atoms with Gasteiger partial charge in [0.05, 0.1) is 0 Å². The monoisotopic (exact) mass is 255 g/mol. The molecule has 19 heavy (non-hydrogen) atoms. The molecule has 0 aromatic heterocycles. The Morgan fingerprint density at radius 3 is 2.53 bits per heavy atom. The Hall–Kier alpha value is -1.76. The standard InChI is InChI=1S/C18H25N/c1-6-17(18-10-8-7-9-15(18)4)13-16(5)19-12-11-14(2)3/h6-10,19H,2,5,11-13H2,1,3-4H3/b17-6-. The minimum atomic E-state index is 0.873.